The Hall–Kier alpha value is -1.68. The van der Waals surface area contributed by atoms with E-state index in [-0.39, 0.29) is 29.9 Å². The van der Waals surface area contributed by atoms with Gasteiger partial charge in [0.25, 0.3) is 0 Å². The zero-order valence-electron chi connectivity index (χ0n) is 33.0. The number of hydrogen-bond donors (Lipinski definition) is 1. The highest BCUT2D eigenvalue weighted by Crippen LogP contribution is 2.31. The Balaban J connectivity index is 0.000000340. The second kappa shape index (κ2) is 21.7. The van der Waals surface area contributed by atoms with Crippen LogP contribution >= 0.6 is 55.1 Å². The number of rotatable bonds is 15. The third kappa shape index (κ3) is 18.1. The minimum Gasteiger partial charge on any atom is -0.461 e. The quantitative estimate of drug-likeness (QED) is 0.0904. The first-order valence-electron chi connectivity index (χ1n) is 17.4. The molecule has 2 aromatic carbocycles. The van der Waals surface area contributed by atoms with Gasteiger partial charge in [-0.1, -0.05) is 94.3 Å². The first-order chi connectivity index (χ1) is 24.9. The predicted octanol–water partition coefficient (Wildman–Crippen LogP) is 9.92. The first kappa shape index (κ1) is 48.5. The van der Waals surface area contributed by atoms with Crippen LogP contribution in [-0.4, -0.2) is 90.9 Å². The average molecular weight is 974 g/mol. The Bertz CT molecular complexity index is 1900. The van der Waals surface area contributed by atoms with E-state index >= 15 is 0 Å². The van der Waals surface area contributed by atoms with Crippen molar-refractivity contribution in [1.29, 1.82) is 0 Å². The number of halogens is 4. The molecule has 0 unspecified atom stereocenters. The molecule has 0 saturated heterocycles. The van der Waals surface area contributed by atoms with E-state index in [1.54, 1.807) is 36.7 Å². The van der Waals surface area contributed by atoms with Crippen molar-refractivity contribution in [2.45, 2.75) is 110 Å². The molecular weight excluding hydrogens is 919 g/mol. The summed E-state index contributed by atoms with van der Waals surface area (Å²) in [6.07, 6.45) is 0.931. The van der Waals surface area contributed by atoms with Crippen LogP contribution in [0.1, 0.15) is 27.7 Å². The summed E-state index contributed by atoms with van der Waals surface area (Å²) >= 11 is 19.3. The number of hydrogen-bond acceptors (Lipinski definition) is 10. The Morgan fingerprint density at radius 2 is 1.17 bits per heavy atom. The van der Waals surface area contributed by atoms with E-state index in [0.29, 0.717) is 47.4 Å². The molecule has 0 radical (unpaired) electrons. The molecule has 0 amide bonds. The molecule has 4 rings (SSSR count). The summed E-state index contributed by atoms with van der Waals surface area (Å²) in [5, 5.41) is 17.8. The molecule has 0 saturated carbocycles. The predicted molar refractivity (Wildman–Crippen MR) is 231 cm³/mol. The molecule has 0 aliphatic carbocycles. The van der Waals surface area contributed by atoms with Gasteiger partial charge in [0.05, 0.1) is 16.1 Å². The van der Waals surface area contributed by atoms with E-state index in [2.05, 4.69) is 91.3 Å². The van der Waals surface area contributed by atoms with Crippen molar-refractivity contribution < 1.29 is 27.7 Å². The molecule has 0 aliphatic rings. The van der Waals surface area contributed by atoms with Crippen LogP contribution in [-0.2, 0) is 32.8 Å². The fourth-order valence-corrected chi connectivity index (χ4v) is 7.78. The molecule has 1 N–H and O–H groups in total. The Morgan fingerprint density at radius 3 is 1.56 bits per heavy atom. The van der Waals surface area contributed by atoms with Gasteiger partial charge >= 0.3 is 6.01 Å². The largest absolute Gasteiger partial charge is 0.461 e. The van der Waals surface area contributed by atoms with Crippen LogP contribution in [0.15, 0.2) is 50.5 Å². The van der Waals surface area contributed by atoms with Crippen molar-refractivity contribution in [3.8, 4) is 28.8 Å². The molecule has 0 spiro atoms. The zero-order valence-corrected chi connectivity index (χ0v) is 40.5. The summed E-state index contributed by atoms with van der Waals surface area (Å²) in [6, 6.07) is 13.4. The van der Waals surface area contributed by atoms with Gasteiger partial charge < -0.3 is 19.3 Å². The van der Waals surface area contributed by atoms with Gasteiger partial charge in [-0.15, -0.1) is 10.2 Å². The van der Waals surface area contributed by atoms with Crippen LogP contribution in [0.25, 0.3) is 22.8 Å². The zero-order chi connectivity index (χ0) is 41.0. The lowest BCUT2D eigenvalue weighted by Gasteiger charge is -2.15. The molecule has 302 valence electrons. The maximum Gasteiger partial charge on any atom is 0.317 e. The van der Waals surface area contributed by atoms with Crippen molar-refractivity contribution >= 4 is 81.0 Å². The maximum absolute atomic E-state index is 12.0. The number of nitrogens with zero attached hydrogens (tertiary/aromatic N) is 6. The summed E-state index contributed by atoms with van der Waals surface area (Å²) in [4.78, 5) is 8.66. The average Bonchev–Trinajstić information content (AvgIpc) is 3.61. The molecule has 54 heavy (non-hydrogen) atoms. The van der Waals surface area contributed by atoms with E-state index in [0.717, 1.165) is 32.9 Å². The van der Waals surface area contributed by atoms with Gasteiger partial charge in [0.15, 0.2) is 11.6 Å². The van der Waals surface area contributed by atoms with Crippen LogP contribution in [0.5, 0.6) is 6.01 Å². The minimum atomic E-state index is -3.54. The van der Waals surface area contributed by atoms with Crippen LogP contribution < -0.4 is 4.74 Å². The number of aromatic nitrogens is 6. The topological polar surface area (TPSA) is 143 Å². The fourth-order valence-electron chi connectivity index (χ4n) is 4.02. The van der Waals surface area contributed by atoms with Crippen LogP contribution in [0.2, 0.25) is 61.4 Å². The van der Waals surface area contributed by atoms with E-state index in [4.69, 9.17) is 42.5 Å². The molecule has 0 atom stereocenters. The summed E-state index contributed by atoms with van der Waals surface area (Å²) in [5.74, 6) is 0.786. The number of aliphatic hydroxyl groups is 1. The molecule has 19 heteroatoms. The SMILES string of the molecule is CC(C)O.CC(C)Oc1nc(-c2ccc(Br)cc2Cl)nn1COCC[Si](C)(C)C.C[Si](C)(C)CCOCn1nc(-c2ccc(Br)cc2Cl)nc1S(C)(=O)=O. The van der Waals surface area contributed by atoms with Gasteiger partial charge in [0, 0.05) is 61.8 Å². The molecule has 0 aliphatic heterocycles. The smallest absolute Gasteiger partial charge is 0.317 e. The summed E-state index contributed by atoms with van der Waals surface area (Å²) < 4.78 is 45.9. The second-order valence-corrected chi connectivity index (χ2v) is 31.2. The van der Waals surface area contributed by atoms with Crippen LogP contribution in [0.3, 0.4) is 0 Å². The van der Waals surface area contributed by atoms with Crippen molar-refractivity contribution in [3.05, 3.63) is 55.4 Å². The van der Waals surface area contributed by atoms with Gasteiger partial charge in [0.2, 0.25) is 15.0 Å². The van der Waals surface area contributed by atoms with E-state index in [1.807, 2.05) is 32.0 Å². The number of ether oxygens (including phenoxy) is 3. The lowest BCUT2D eigenvalue weighted by atomic mass is 10.2. The van der Waals surface area contributed by atoms with Crippen LogP contribution in [0.4, 0.5) is 0 Å². The third-order valence-corrected chi connectivity index (χ3v) is 12.7. The molecular formula is C35H54Br2Cl2N6O6SSi2. The van der Waals surface area contributed by atoms with Crippen molar-refractivity contribution in [3.63, 3.8) is 0 Å². The fraction of sp³-hybridized carbons (Fsp3) is 0.543. The van der Waals surface area contributed by atoms with Gasteiger partial charge in [-0.05, 0) is 76.2 Å². The maximum atomic E-state index is 12.0. The lowest BCUT2D eigenvalue weighted by Crippen LogP contribution is -2.22. The summed E-state index contributed by atoms with van der Waals surface area (Å²) in [7, 11) is -5.88. The molecule has 2 aromatic heterocycles. The molecule has 0 bridgehead atoms. The highest BCUT2D eigenvalue weighted by Gasteiger charge is 2.22. The molecule has 0 fully saturated rings. The standard InChI is InChI=1S/C17H25BrClN3O2Si.C15H21BrClN3O3SSi.C3H8O/c1-12(2)24-17-20-16(14-7-6-13(18)10-15(14)19)21-22(17)11-23-8-9-25(3,4)5;1-24(21,22)15-18-14(12-6-5-11(16)9-13(12)17)19-20(15)10-23-7-8-25(2,3)4;1-3(2)4/h6-7,10,12H,8-9,11H2,1-5H3;5-6,9H,7-8,10H2,1-4H3;3-4H,1-2H3. The van der Waals surface area contributed by atoms with Crippen LogP contribution in [0, 0.1) is 0 Å². The normalized spacial score (nSPS) is 12.0. The number of sulfone groups is 1. The lowest BCUT2D eigenvalue weighted by molar-refractivity contribution is 0.0659. The second-order valence-electron chi connectivity index (χ2n) is 15.4. The summed E-state index contributed by atoms with van der Waals surface area (Å²) in [6.45, 7) is 22.7. The summed E-state index contributed by atoms with van der Waals surface area (Å²) in [5.41, 5.74) is 1.33. The number of aliphatic hydroxyl groups excluding tert-OH is 1. The molecule has 12 nitrogen and oxygen atoms in total. The molecule has 4 aromatic rings. The van der Waals surface area contributed by atoms with Gasteiger partial charge in [-0.25, -0.2) is 13.1 Å². The Kier molecular flexibility index (Phi) is 19.5. The number of benzene rings is 2. The van der Waals surface area contributed by atoms with Crippen molar-refractivity contribution in [2.24, 2.45) is 0 Å². The van der Waals surface area contributed by atoms with Crippen molar-refractivity contribution in [1.82, 2.24) is 29.5 Å². The van der Waals surface area contributed by atoms with E-state index in [1.165, 1.54) is 4.68 Å². The van der Waals surface area contributed by atoms with Gasteiger partial charge in [-0.2, -0.15) is 14.6 Å². The Morgan fingerprint density at radius 1 is 0.759 bits per heavy atom. The monoisotopic (exact) mass is 970 g/mol. The van der Waals surface area contributed by atoms with Gasteiger partial charge in [0.1, 0.15) is 13.5 Å². The minimum absolute atomic E-state index is 0.00169. The molecule has 2 heterocycles. The van der Waals surface area contributed by atoms with E-state index in [9.17, 15) is 8.42 Å². The first-order valence-corrected chi connectivity index (χ1v) is 29.0. The van der Waals surface area contributed by atoms with Gasteiger partial charge in [-0.3, -0.25) is 0 Å². The Labute approximate surface area is 349 Å². The van der Waals surface area contributed by atoms with Crippen molar-refractivity contribution in [2.75, 3.05) is 19.5 Å². The van der Waals surface area contributed by atoms with E-state index < -0.39 is 26.0 Å². The highest BCUT2D eigenvalue weighted by molar-refractivity contribution is 9.10. The highest BCUT2D eigenvalue weighted by atomic mass is 79.9. The third-order valence-electron chi connectivity index (χ3n) is 6.71.